The van der Waals surface area contributed by atoms with Crippen molar-refractivity contribution in [2.24, 2.45) is 0 Å². The minimum Gasteiger partial charge on any atom is -0.122 e. The van der Waals surface area contributed by atoms with Crippen LogP contribution in [-0.4, -0.2) is 0 Å². The van der Waals surface area contributed by atoms with Crippen LogP contribution in [0.3, 0.4) is 0 Å². The van der Waals surface area contributed by atoms with Crippen LogP contribution in [0, 0.1) is 6.07 Å². The molecule has 0 spiro atoms. The Morgan fingerprint density at radius 2 is 1.56 bits per heavy atom. The van der Waals surface area contributed by atoms with Gasteiger partial charge in [-0.1, -0.05) is 36.4 Å². The van der Waals surface area contributed by atoms with Gasteiger partial charge in [0.05, 0.1) is 0 Å². The summed E-state index contributed by atoms with van der Waals surface area (Å²) in [4.78, 5) is 0. The number of hydrogen-bond donors (Lipinski definition) is 0. The van der Waals surface area contributed by atoms with Crippen LogP contribution in [0.2, 0.25) is 0 Å². The molecule has 0 fully saturated rings. The van der Waals surface area contributed by atoms with Crippen LogP contribution in [0.25, 0.3) is 11.1 Å². The van der Waals surface area contributed by atoms with E-state index in [9.17, 15) is 0 Å². The van der Waals surface area contributed by atoms with Gasteiger partial charge < -0.3 is 0 Å². The fraction of sp³-hybridized carbons (Fsp3) is 0.143. The summed E-state index contributed by atoms with van der Waals surface area (Å²) in [5.74, 6) is 1.000. The van der Waals surface area contributed by atoms with Crippen molar-refractivity contribution in [1.29, 1.82) is 0 Å². The van der Waals surface area contributed by atoms with Crippen LogP contribution < -0.4 is 0 Å². The summed E-state index contributed by atoms with van der Waals surface area (Å²) in [5.41, 5.74) is 4.51. The number of benzene rings is 2. The second kappa shape index (κ2) is 5.38. The molecule has 0 aliphatic rings. The molecule has 0 aliphatic heterocycles. The molecular weight excluding hydrogens is 239 g/mol. The third-order valence-electron chi connectivity index (χ3n) is 2.55. The normalized spacial score (nSPS) is 10.4. The molecule has 0 amide bonds. The van der Waals surface area contributed by atoms with Crippen molar-refractivity contribution in [2.45, 2.75) is 11.8 Å². The summed E-state index contributed by atoms with van der Waals surface area (Å²) in [6.45, 7) is 0. The quantitative estimate of drug-likeness (QED) is 0.696. The van der Waals surface area contributed by atoms with Crippen LogP contribution in [0.4, 0.5) is 0 Å². The summed E-state index contributed by atoms with van der Waals surface area (Å²) in [6.07, 6.45) is 0. The Morgan fingerprint density at radius 3 is 2.31 bits per heavy atom. The van der Waals surface area contributed by atoms with E-state index in [4.69, 9.17) is 23.2 Å². The zero-order valence-corrected chi connectivity index (χ0v) is 10.2. The molecule has 0 saturated heterocycles. The van der Waals surface area contributed by atoms with Crippen LogP contribution in [-0.2, 0) is 11.8 Å². The van der Waals surface area contributed by atoms with Gasteiger partial charge in [-0.15, -0.1) is 23.2 Å². The summed E-state index contributed by atoms with van der Waals surface area (Å²) in [7, 11) is 0. The van der Waals surface area contributed by atoms with E-state index in [-0.39, 0.29) is 0 Å². The molecule has 0 heterocycles. The Balaban J connectivity index is 2.58. The monoisotopic (exact) mass is 249 g/mol. The zero-order valence-electron chi connectivity index (χ0n) is 8.71. The molecule has 2 rings (SSSR count). The highest BCUT2D eigenvalue weighted by Crippen LogP contribution is 2.28. The molecule has 2 aromatic rings. The summed E-state index contributed by atoms with van der Waals surface area (Å²) < 4.78 is 0. The zero-order chi connectivity index (χ0) is 11.4. The average molecular weight is 250 g/mol. The molecule has 0 bridgehead atoms. The van der Waals surface area contributed by atoms with Crippen molar-refractivity contribution in [1.82, 2.24) is 0 Å². The SMILES string of the molecule is ClCc1c[c]ccc1-c1ccccc1CCl. The van der Waals surface area contributed by atoms with Crippen molar-refractivity contribution in [3.63, 3.8) is 0 Å². The van der Waals surface area contributed by atoms with Crippen molar-refractivity contribution in [2.75, 3.05) is 0 Å². The van der Waals surface area contributed by atoms with Gasteiger partial charge in [0, 0.05) is 11.8 Å². The summed E-state index contributed by atoms with van der Waals surface area (Å²) in [5, 5.41) is 0. The Kier molecular flexibility index (Phi) is 3.87. The Hall–Kier alpha value is -0.980. The van der Waals surface area contributed by atoms with E-state index in [1.165, 1.54) is 0 Å². The highest BCUT2D eigenvalue weighted by atomic mass is 35.5. The van der Waals surface area contributed by atoms with E-state index in [0.717, 1.165) is 22.3 Å². The fourth-order valence-electron chi connectivity index (χ4n) is 1.74. The van der Waals surface area contributed by atoms with Gasteiger partial charge in [-0.2, -0.15) is 0 Å². The second-order valence-electron chi connectivity index (χ2n) is 3.51. The van der Waals surface area contributed by atoms with Gasteiger partial charge in [-0.05, 0) is 34.4 Å². The van der Waals surface area contributed by atoms with Gasteiger partial charge in [0.2, 0.25) is 0 Å². The molecule has 0 saturated carbocycles. The molecule has 0 N–H and O–H groups in total. The Bertz CT molecular complexity index is 432. The lowest BCUT2D eigenvalue weighted by Gasteiger charge is -2.10. The topological polar surface area (TPSA) is 0 Å². The molecule has 2 aromatic carbocycles. The van der Waals surface area contributed by atoms with E-state index in [1.807, 2.05) is 36.4 Å². The first kappa shape index (κ1) is 11.5. The van der Waals surface area contributed by atoms with Gasteiger partial charge >= 0.3 is 0 Å². The lowest BCUT2D eigenvalue weighted by atomic mass is 9.97. The van der Waals surface area contributed by atoms with Crippen molar-refractivity contribution in [3.05, 3.63) is 59.7 Å². The maximum absolute atomic E-state index is 5.94. The molecule has 0 nitrogen and oxygen atoms in total. The molecule has 0 aliphatic carbocycles. The van der Waals surface area contributed by atoms with E-state index < -0.39 is 0 Å². The molecule has 0 unspecified atom stereocenters. The van der Waals surface area contributed by atoms with Crippen molar-refractivity contribution >= 4 is 23.2 Å². The number of halogens is 2. The maximum atomic E-state index is 5.94. The van der Waals surface area contributed by atoms with E-state index in [0.29, 0.717) is 11.8 Å². The molecule has 0 atom stereocenters. The maximum Gasteiger partial charge on any atom is 0.0480 e. The summed E-state index contributed by atoms with van der Waals surface area (Å²) >= 11 is 11.9. The van der Waals surface area contributed by atoms with Gasteiger partial charge in [-0.25, -0.2) is 0 Å². The first-order valence-corrected chi connectivity index (χ1v) is 6.13. The van der Waals surface area contributed by atoms with Crippen LogP contribution >= 0.6 is 23.2 Å². The van der Waals surface area contributed by atoms with Gasteiger partial charge in [0.1, 0.15) is 0 Å². The van der Waals surface area contributed by atoms with Crippen LogP contribution in [0.5, 0.6) is 0 Å². The van der Waals surface area contributed by atoms with Gasteiger partial charge in [0.25, 0.3) is 0 Å². The average Bonchev–Trinajstić information content (AvgIpc) is 2.38. The minimum absolute atomic E-state index is 0.489. The number of hydrogen-bond acceptors (Lipinski definition) is 0. The van der Waals surface area contributed by atoms with E-state index in [1.54, 1.807) is 0 Å². The molecule has 16 heavy (non-hydrogen) atoms. The molecule has 2 heteroatoms. The smallest absolute Gasteiger partial charge is 0.0480 e. The number of alkyl halides is 2. The minimum atomic E-state index is 0.489. The molecule has 81 valence electrons. The lowest BCUT2D eigenvalue weighted by Crippen LogP contribution is -1.90. The standard InChI is InChI=1S/C14H11Cl2/c15-9-11-5-1-3-7-13(11)14-8-4-2-6-12(14)10-16/h1,3-8H,9-10H2. The van der Waals surface area contributed by atoms with E-state index in [2.05, 4.69) is 12.1 Å². The third kappa shape index (κ3) is 2.23. The van der Waals surface area contributed by atoms with Crippen molar-refractivity contribution < 1.29 is 0 Å². The third-order valence-corrected chi connectivity index (χ3v) is 3.12. The van der Waals surface area contributed by atoms with E-state index >= 15 is 0 Å². The van der Waals surface area contributed by atoms with Crippen LogP contribution in [0.15, 0.2) is 42.5 Å². The van der Waals surface area contributed by atoms with Crippen molar-refractivity contribution in [3.8, 4) is 11.1 Å². The molecule has 1 radical (unpaired) electrons. The highest BCUT2D eigenvalue weighted by molar-refractivity contribution is 6.18. The first-order valence-electron chi connectivity index (χ1n) is 5.06. The highest BCUT2D eigenvalue weighted by Gasteiger charge is 2.07. The van der Waals surface area contributed by atoms with Gasteiger partial charge in [0.15, 0.2) is 0 Å². The predicted octanol–water partition coefficient (Wildman–Crippen LogP) is 4.63. The van der Waals surface area contributed by atoms with Gasteiger partial charge in [-0.3, -0.25) is 0 Å². The second-order valence-corrected chi connectivity index (χ2v) is 4.04. The molecule has 0 aromatic heterocycles. The predicted molar refractivity (Wildman–Crippen MR) is 69.8 cm³/mol. The number of rotatable bonds is 3. The van der Waals surface area contributed by atoms with Crippen LogP contribution in [0.1, 0.15) is 11.1 Å². The first-order chi connectivity index (χ1) is 7.86. The fourth-order valence-corrected chi connectivity index (χ4v) is 2.19. The molecular formula is C14H11Cl2. The lowest BCUT2D eigenvalue weighted by molar-refractivity contribution is 1.35. The summed E-state index contributed by atoms with van der Waals surface area (Å²) in [6, 6.07) is 17.0. The Labute approximate surface area is 106 Å². The largest absolute Gasteiger partial charge is 0.122 e. The Morgan fingerprint density at radius 1 is 0.875 bits per heavy atom.